The molecule has 1 aromatic carbocycles. The first-order valence-electron chi connectivity index (χ1n) is 6.51. The van der Waals surface area contributed by atoms with Crippen LogP contribution in [0.3, 0.4) is 0 Å². The van der Waals surface area contributed by atoms with Crippen LogP contribution in [0.15, 0.2) is 36.7 Å². The SMILES string of the molecule is NCc1ccccc1OCC(O)Cn1cc(C(N)=O)cn1. The van der Waals surface area contributed by atoms with E-state index in [0.29, 0.717) is 17.9 Å². The molecule has 0 bridgehead atoms. The molecule has 1 amide bonds. The van der Waals surface area contributed by atoms with Crippen LogP contribution in [0.5, 0.6) is 5.75 Å². The number of nitrogens with zero attached hydrogens (tertiary/aromatic N) is 2. The minimum Gasteiger partial charge on any atom is -0.490 e. The lowest BCUT2D eigenvalue weighted by Crippen LogP contribution is -2.24. The highest BCUT2D eigenvalue weighted by atomic mass is 16.5. The third-order valence-corrected chi connectivity index (χ3v) is 2.94. The van der Waals surface area contributed by atoms with E-state index < -0.39 is 12.0 Å². The number of hydrogen-bond acceptors (Lipinski definition) is 5. The van der Waals surface area contributed by atoms with Crippen molar-refractivity contribution in [1.82, 2.24) is 9.78 Å². The second-order valence-electron chi connectivity index (χ2n) is 4.59. The smallest absolute Gasteiger partial charge is 0.251 e. The zero-order chi connectivity index (χ0) is 15.2. The maximum absolute atomic E-state index is 11.0. The van der Waals surface area contributed by atoms with Crippen LogP contribution in [-0.4, -0.2) is 33.5 Å². The van der Waals surface area contributed by atoms with E-state index >= 15 is 0 Å². The maximum Gasteiger partial charge on any atom is 0.251 e. The number of rotatable bonds is 7. The van der Waals surface area contributed by atoms with E-state index in [9.17, 15) is 9.90 Å². The monoisotopic (exact) mass is 290 g/mol. The summed E-state index contributed by atoms with van der Waals surface area (Å²) in [4.78, 5) is 11.0. The fraction of sp³-hybridized carbons (Fsp3) is 0.286. The second-order valence-corrected chi connectivity index (χ2v) is 4.59. The van der Waals surface area contributed by atoms with E-state index in [2.05, 4.69) is 5.10 Å². The highest BCUT2D eigenvalue weighted by molar-refractivity contribution is 5.92. The van der Waals surface area contributed by atoms with E-state index in [4.69, 9.17) is 16.2 Å². The summed E-state index contributed by atoms with van der Waals surface area (Å²) in [5, 5.41) is 13.9. The molecule has 0 spiro atoms. The second kappa shape index (κ2) is 6.87. The molecule has 112 valence electrons. The lowest BCUT2D eigenvalue weighted by molar-refractivity contribution is 0.0887. The molecule has 21 heavy (non-hydrogen) atoms. The number of amides is 1. The summed E-state index contributed by atoms with van der Waals surface area (Å²) in [5.41, 5.74) is 11.9. The van der Waals surface area contributed by atoms with Gasteiger partial charge < -0.3 is 21.3 Å². The van der Waals surface area contributed by atoms with Gasteiger partial charge in [0.2, 0.25) is 0 Å². The van der Waals surface area contributed by atoms with E-state index in [1.54, 1.807) is 6.07 Å². The molecule has 7 heteroatoms. The molecule has 1 heterocycles. The number of aromatic nitrogens is 2. The first kappa shape index (κ1) is 15.0. The average Bonchev–Trinajstić information content (AvgIpc) is 2.94. The van der Waals surface area contributed by atoms with Gasteiger partial charge in [-0.3, -0.25) is 9.48 Å². The lowest BCUT2D eigenvalue weighted by Gasteiger charge is -2.14. The standard InChI is InChI=1S/C14H18N4O3/c15-5-10-3-1-2-4-13(10)21-9-12(19)8-18-7-11(6-17-18)14(16)20/h1-4,6-7,12,19H,5,8-9,15H2,(H2,16,20). The van der Waals surface area contributed by atoms with Crippen LogP contribution in [0.1, 0.15) is 15.9 Å². The van der Waals surface area contributed by atoms with Gasteiger partial charge in [0.25, 0.3) is 5.91 Å². The summed E-state index contributed by atoms with van der Waals surface area (Å²) in [5.74, 6) is 0.0983. The van der Waals surface area contributed by atoms with E-state index in [0.717, 1.165) is 5.56 Å². The topological polar surface area (TPSA) is 116 Å². The Labute approximate surface area is 122 Å². The Morgan fingerprint density at radius 2 is 2.19 bits per heavy atom. The molecule has 0 aliphatic heterocycles. The van der Waals surface area contributed by atoms with Gasteiger partial charge in [-0.1, -0.05) is 18.2 Å². The predicted octanol–water partition coefficient (Wildman–Crippen LogP) is -0.119. The molecule has 5 N–H and O–H groups in total. The molecule has 0 saturated heterocycles. The van der Waals surface area contributed by atoms with Crippen molar-refractivity contribution >= 4 is 5.91 Å². The van der Waals surface area contributed by atoms with E-state index in [1.165, 1.54) is 17.1 Å². The van der Waals surface area contributed by atoms with Gasteiger partial charge in [0.15, 0.2) is 0 Å². The van der Waals surface area contributed by atoms with Gasteiger partial charge in [0.05, 0.1) is 18.3 Å². The summed E-state index contributed by atoms with van der Waals surface area (Å²) in [7, 11) is 0. The van der Waals surface area contributed by atoms with Gasteiger partial charge in [-0.25, -0.2) is 0 Å². The van der Waals surface area contributed by atoms with Crippen molar-refractivity contribution in [2.24, 2.45) is 11.5 Å². The van der Waals surface area contributed by atoms with E-state index in [1.807, 2.05) is 18.2 Å². The molecule has 0 aliphatic carbocycles. The number of aliphatic hydroxyl groups is 1. The Balaban J connectivity index is 1.89. The first-order chi connectivity index (χ1) is 10.1. The Morgan fingerprint density at radius 1 is 1.43 bits per heavy atom. The van der Waals surface area contributed by atoms with Crippen LogP contribution in [0.2, 0.25) is 0 Å². The highest BCUT2D eigenvalue weighted by Gasteiger charge is 2.10. The average molecular weight is 290 g/mol. The van der Waals surface area contributed by atoms with Gasteiger partial charge in [0, 0.05) is 18.3 Å². The van der Waals surface area contributed by atoms with Crippen molar-refractivity contribution in [3.05, 3.63) is 47.8 Å². The molecule has 0 saturated carbocycles. The number of para-hydroxylation sites is 1. The molecule has 1 aromatic heterocycles. The van der Waals surface area contributed by atoms with Gasteiger partial charge in [0.1, 0.15) is 18.5 Å². The molecular formula is C14H18N4O3. The summed E-state index contributed by atoms with van der Waals surface area (Å²) in [6.07, 6.45) is 2.08. The van der Waals surface area contributed by atoms with Crippen molar-refractivity contribution < 1.29 is 14.6 Å². The number of primary amides is 1. The van der Waals surface area contributed by atoms with Crippen LogP contribution in [-0.2, 0) is 13.1 Å². The number of hydrogen-bond donors (Lipinski definition) is 3. The van der Waals surface area contributed by atoms with Gasteiger partial charge in [-0.15, -0.1) is 0 Å². The van der Waals surface area contributed by atoms with Crippen LogP contribution in [0, 0.1) is 0 Å². The van der Waals surface area contributed by atoms with Crippen LogP contribution in [0.4, 0.5) is 0 Å². The quantitative estimate of drug-likeness (QED) is 0.657. The third kappa shape index (κ3) is 4.04. The van der Waals surface area contributed by atoms with Crippen molar-refractivity contribution in [2.45, 2.75) is 19.2 Å². The molecule has 1 atom stereocenters. The zero-order valence-corrected chi connectivity index (χ0v) is 11.5. The largest absolute Gasteiger partial charge is 0.490 e. The molecule has 0 aliphatic rings. The minimum absolute atomic E-state index is 0.1000. The zero-order valence-electron chi connectivity index (χ0n) is 11.5. The molecule has 2 rings (SSSR count). The molecule has 1 unspecified atom stereocenters. The van der Waals surface area contributed by atoms with E-state index in [-0.39, 0.29) is 13.2 Å². The minimum atomic E-state index is -0.767. The van der Waals surface area contributed by atoms with Crippen molar-refractivity contribution in [1.29, 1.82) is 0 Å². The summed E-state index contributed by atoms with van der Waals surface area (Å²) < 4.78 is 7.00. The van der Waals surface area contributed by atoms with Crippen molar-refractivity contribution in [3.63, 3.8) is 0 Å². The van der Waals surface area contributed by atoms with Gasteiger partial charge >= 0.3 is 0 Å². The fourth-order valence-electron chi connectivity index (χ4n) is 1.86. The molecular weight excluding hydrogens is 272 g/mol. The molecule has 0 radical (unpaired) electrons. The molecule has 7 nitrogen and oxygen atoms in total. The van der Waals surface area contributed by atoms with Gasteiger partial charge in [-0.05, 0) is 6.07 Å². The number of carbonyl (C=O) groups is 1. The Hall–Kier alpha value is -2.38. The first-order valence-corrected chi connectivity index (χ1v) is 6.51. The summed E-state index contributed by atoms with van der Waals surface area (Å²) >= 11 is 0. The maximum atomic E-state index is 11.0. The highest BCUT2D eigenvalue weighted by Crippen LogP contribution is 2.17. The number of aliphatic hydroxyl groups excluding tert-OH is 1. The number of ether oxygens (including phenoxy) is 1. The fourth-order valence-corrected chi connectivity index (χ4v) is 1.86. The lowest BCUT2D eigenvalue weighted by atomic mass is 10.2. The molecule has 0 fully saturated rings. The third-order valence-electron chi connectivity index (χ3n) is 2.94. The van der Waals surface area contributed by atoms with Crippen molar-refractivity contribution in [2.75, 3.05) is 6.61 Å². The molecule has 2 aromatic rings. The Morgan fingerprint density at radius 3 is 2.86 bits per heavy atom. The van der Waals surface area contributed by atoms with Gasteiger partial charge in [-0.2, -0.15) is 5.10 Å². The number of benzene rings is 1. The van der Waals surface area contributed by atoms with Crippen molar-refractivity contribution in [3.8, 4) is 5.75 Å². The van der Waals surface area contributed by atoms with Crippen LogP contribution in [0.25, 0.3) is 0 Å². The predicted molar refractivity (Wildman–Crippen MR) is 76.6 cm³/mol. The Bertz CT molecular complexity index is 612. The summed E-state index contributed by atoms with van der Waals surface area (Å²) in [6.45, 7) is 0.675. The summed E-state index contributed by atoms with van der Waals surface area (Å²) in [6, 6.07) is 7.39. The normalized spacial score (nSPS) is 12.1. The number of carbonyl (C=O) groups excluding carboxylic acids is 1. The van der Waals surface area contributed by atoms with Crippen LogP contribution >= 0.6 is 0 Å². The Kier molecular flexibility index (Phi) is 4.91. The number of nitrogens with two attached hydrogens (primary N) is 2. The van der Waals surface area contributed by atoms with Crippen LogP contribution < -0.4 is 16.2 Å².